The van der Waals surface area contributed by atoms with Crippen LogP contribution in [0, 0.1) is 6.92 Å². The molecule has 3 rings (SSSR count). The number of piperazine rings is 1. The van der Waals surface area contributed by atoms with Crippen molar-refractivity contribution in [1.82, 2.24) is 35.2 Å². The maximum Gasteiger partial charge on any atom is 0.234 e. The summed E-state index contributed by atoms with van der Waals surface area (Å²) in [4.78, 5) is 21.3. The first-order chi connectivity index (χ1) is 13.6. The molecule has 156 valence electrons. The second kappa shape index (κ2) is 9.86. The largest absolute Gasteiger partial charge is 0.356 e. The van der Waals surface area contributed by atoms with Gasteiger partial charge >= 0.3 is 0 Å². The van der Waals surface area contributed by atoms with Crippen LogP contribution < -0.4 is 10.6 Å². The number of hydrogen-bond acceptors (Lipinski definition) is 5. The summed E-state index contributed by atoms with van der Waals surface area (Å²) in [7, 11) is 1.97. The van der Waals surface area contributed by atoms with Gasteiger partial charge < -0.3 is 20.1 Å². The maximum absolute atomic E-state index is 12.0. The molecule has 0 bridgehead atoms. The summed E-state index contributed by atoms with van der Waals surface area (Å²) in [5.41, 5.74) is 0. The van der Waals surface area contributed by atoms with Crippen molar-refractivity contribution in [3.63, 3.8) is 0 Å². The van der Waals surface area contributed by atoms with Crippen LogP contribution in [0.1, 0.15) is 44.3 Å². The van der Waals surface area contributed by atoms with Gasteiger partial charge in [0.15, 0.2) is 11.8 Å². The first-order valence-corrected chi connectivity index (χ1v) is 10.5. The van der Waals surface area contributed by atoms with Crippen LogP contribution in [0.25, 0.3) is 0 Å². The Labute approximate surface area is 167 Å². The molecule has 2 heterocycles. The molecule has 1 amide bonds. The Balaban J connectivity index is 1.53. The fraction of sp³-hybridized carbons (Fsp3) is 0.789. The Morgan fingerprint density at radius 2 is 1.96 bits per heavy atom. The van der Waals surface area contributed by atoms with Crippen LogP contribution in [0.15, 0.2) is 4.99 Å². The van der Waals surface area contributed by atoms with E-state index in [4.69, 9.17) is 4.99 Å². The van der Waals surface area contributed by atoms with Crippen molar-refractivity contribution in [2.75, 3.05) is 39.3 Å². The Hall–Kier alpha value is -2.16. The molecule has 0 unspecified atom stereocenters. The van der Waals surface area contributed by atoms with E-state index in [9.17, 15) is 4.79 Å². The Morgan fingerprint density at radius 3 is 2.57 bits per heavy atom. The van der Waals surface area contributed by atoms with E-state index in [2.05, 4.69) is 37.6 Å². The molecule has 2 N–H and O–H groups in total. The molecule has 1 aromatic rings. The topological polar surface area (TPSA) is 90.7 Å². The molecular formula is C19H34N8O. The van der Waals surface area contributed by atoms with Crippen LogP contribution in [0.4, 0.5) is 0 Å². The number of hydrogen-bond donors (Lipinski definition) is 2. The van der Waals surface area contributed by atoms with E-state index in [1.165, 1.54) is 0 Å². The van der Waals surface area contributed by atoms with Crippen molar-refractivity contribution < 1.29 is 4.79 Å². The number of carbonyl (C=O) groups is 1. The van der Waals surface area contributed by atoms with Crippen molar-refractivity contribution >= 4 is 11.9 Å². The van der Waals surface area contributed by atoms with Gasteiger partial charge in [0.05, 0.1) is 6.54 Å². The van der Waals surface area contributed by atoms with Crippen LogP contribution in [-0.4, -0.2) is 81.7 Å². The van der Waals surface area contributed by atoms with Gasteiger partial charge in [-0.15, -0.1) is 10.2 Å². The fourth-order valence-electron chi connectivity index (χ4n) is 3.20. The number of nitrogens with one attached hydrogen (secondary N) is 2. The van der Waals surface area contributed by atoms with Gasteiger partial charge in [-0.05, 0) is 26.2 Å². The maximum atomic E-state index is 12.0. The predicted molar refractivity (Wildman–Crippen MR) is 109 cm³/mol. The van der Waals surface area contributed by atoms with Crippen molar-refractivity contribution in [1.29, 1.82) is 0 Å². The number of nitrogens with zero attached hydrogens (tertiary/aromatic N) is 6. The van der Waals surface area contributed by atoms with Crippen LogP contribution >= 0.6 is 0 Å². The number of aliphatic imine (C=N–C) groups is 1. The monoisotopic (exact) mass is 390 g/mol. The predicted octanol–water partition coefficient (Wildman–Crippen LogP) is 0.265. The molecule has 1 saturated carbocycles. The van der Waals surface area contributed by atoms with E-state index in [1.807, 2.05) is 18.5 Å². The lowest BCUT2D eigenvalue weighted by atomic mass is 10.3. The highest BCUT2D eigenvalue weighted by Crippen LogP contribution is 2.18. The first kappa shape index (κ1) is 20.6. The van der Waals surface area contributed by atoms with Crippen LogP contribution in [0.3, 0.4) is 0 Å². The van der Waals surface area contributed by atoms with E-state index < -0.39 is 0 Å². The Morgan fingerprint density at radius 1 is 1.21 bits per heavy atom. The van der Waals surface area contributed by atoms with Crippen LogP contribution in [-0.2, 0) is 18.4 Å². The number of rotatable bonds is 8. The van der Waals surface area contributed by atoms with Gasteiger partial charge in [-0.25, -0.2) is 4.99 Å². The quantitative estimate of drug-likeness (QED) is 0.376. The summed E-state index contributed by atoms with van der Waals surface area (Å²) in [5, 5.41) is 14.9. The highest BCUT2D eigenvalue weighted by molar-refractivity contribution is 5.80. The molecule has 0 atom stereocenters. The van der Waals surface area contributed by atoms with E-state index in [0.29, 0.717) is 19.1 Å². The molecule has 0 spiro atoms. The second-order valence-corrected chi connectivity index (χ2v) is 7.75. The zero-order valence-electron chi connectivity index (χ0n) is 17.4. The number of unbranched alkanes of at least 4 members (excludes halogenated alkanes) is 1. The molecule has 9 heteroatoms. The van der Waals surface area contributed by atoms with Gasteiger partial charge in [0, 0.05) is 45.8 Å². The smallest absolute Gasteiger partial charge is 0.234 e. The minimum atomic E-state index is 0.156. The van der Waals surface area contributed by atoms with Gasteiger partial charge in [-0.1, -0.05) is 13.3 Å². The van der Waals surface area contributed by atoms with Crippen LogP contribution in [0.5, 0.6) is 0 Å². The van der Waals surface area contributed by atoms with Crippen molar-refractivity contribution in [2.45, 2.75) is 52.1 Å². The third kappa shape index (κ3) is 5.92. The lowest BCUT2D eigenvalue weighted by Gasteiger charge is -2.36. The van der Waals surface area contributed by atoms with Gasteiger partial charge in [-0.3, -0.25) is 9.69 Å². The molecule has 9 nitrogen and oxygen atoms in total. The lowest BCUT2D eigenvalue weighted by Crippen LogP contribution is -2.54. The number of amides is 1. The normalized spacial score (nSPS) is 18.4. The molecule has 2 aliphatic rings. The zero-order chi connectivity index (χ0) is 19.9. The Kier molecular flexibility index (Phi) is 7.24. The average Bonchev–Trinajstić information content (AvgIpc) is 3.44. The third-order valence-corrected chi connectivity index (χ3v) is 5.35. The third-order valence-electron chi connectivity index (χ3n) is 5.35. The summed E-state index contributed by atoms with van der Waals surface area (Å²) < 4.78 is 1.98. The summed E-state index contributed by atoms with van der Waals surface area (Å²) in [5.74, 6) is 2.84. The molecule has 0 radical (unpaired) electrons. The highest BCUT2D eigenvalue weighted by Gasteiger charge is 2.26. The van der Waals surface area contributed by atoms with Crippen molar-refractivity contribution in [2.24, 2.45) is 12.0 Å². The van der Waals surface area contributed by atoms with Crippen molar-refractivity contribution in [3.05, 3.63) is 11.6 Å². The second-order valence-electron chi connectivity index (χ2n) is 7.75. The van der Waals surface area contributed by atoms with E-state index >= 15 is 0 Å². The molecular weight excluding hydrogens is 356 g/mol. The standard InChI is InChI=1S/C19H34N8O/c1-4-5-8-20-19(21-13-17-24-23-15(2)25(17)3)27-11-9-26(10-12-27)14-18(28)22-16-6-7-16/h16H,4-14H2,1-3H3,(H,20,21)(H,22,28). The molecule has 0 aromatic carbocycles. The molecule has 1 saturated heterocycles. The fourth-order valence-corrected chi connectivity index (χ4v) is 3.20. The van der Waals surface area contributed by atoms with Gasteiger partial charge in [0.1, 0.15) is 12.4 Å². The van der Waals surface area contributed by atoms with Gasteiger partial charge in [0.25, 0.3) is 0 Å². The SMILES string of the molecule is CCCCNC(=NCc1nnc(C)n1C)N1CCN(CC(=O)NC2CC2)CC1. The number of guanidine groups is 1. The minimum Gasteiger partial charge on any atom is -0.356 e. The van der Waals surface area contributed by atoms with Crippen molar-refractivity contribution in [3.8, 4) is 0 Å². The Bertz CT molecular complexity index is 673. The zero-order valence-corrected chi connectivity index (χ0v) is 17.4. The summed E-state index contributed by atoms with van der Waals surface area (Å²) in [6, 6.07) is 0.430. The number of aryl methyl sites for hydroxylation is 1. The average molecular weight is 391 g/mol. The van der Waals surface area contributed by atoms with Crippen LogP contribution in [0.2, 0.25) is 0 Å². The first-order valence-electron chi connectivity index (χ1n) is 10.5. The van der Waals surface area contributed by atoms with Gasteiger partial charge in [-0.2, -0.15) is 0 Å². The summed E-state index contributed by atoms with van der Waals surface area (Å²) >= 11 is 0. The van der Waals surface area contributed by atoms with E-state index in [0.717, 1.165) is 76.0 Å². The summed E-state index contributed by atoms with van der Waals surface area (Å²) in [6.45, 7) is 9.53. The molecule has 1 aliphatic carbocycles. The number of aromatic nitrogens is 3. The molecule has 28 heavy (non-hydrogen) atoms. The molecule has 2 fully saturated rings. The highest BCUT2D eigenvalue weighted by atomic mass is 16.2. The molecule has 1 aliphatic heterocycles. The van der Waals surface area contributed by atoms with E-state index in [-0.39, 0.29) is 5.91 Å². The molecule has 1 aromatic heterocycles. The lowest BCUT2D eigenvalue weighted by molar-refractivity contribution is -0.122. The minimum absolute atomic E-state index is 0.156. The van der Waals surface area contributed by atoms with E-state index in [1.54, 1.807) is 0 Å². The summed E-state index contributed by atoms with van der Waals surface area (Å²) in [6.07, 6.45) is 4.53. The van der Waals surface area contributed by atoms with Gasteiger partial charge in [0.2, 0.25) is 5.91 Å². The number of carbonyl (C=O) groups excluding carboxylic acids is 1.